The molecule has 4 aromatic carbocycles. The zero-order valence-corrected chi connectivity index (χ0v) is 48.5. The van der Waals surface area contributed by atoms with E-state index in [0.717, 1.165) is 90.2 Å². The first-order valence-corrected chi connectivity index (χ1v) is 28.3. The van der Waals surface area contributed by atoms with Crippen LogP contribution in [0.2, 0.25) is 10.0 Å². The van der Waals surface area contributed by atoms with Crippen LogP contribution in [0.1, 0.15) is 90.7 Å². The van der Waals surface area contributed by atoms with Crippen molar-refractivity contribution >= 4 is 92.5 Å². The van der Waals surface area contributed by atoms with Gasteiger partial charge in [-0.15, -0.1) is 0 Å². The quantitative estimate of drug-likeness (QED) is 0.0351. The average Bonchev–Trinajstić information content (AvgIpc) is 2.02. The molecule has 452 valence electrons. The molecule has 4 atom stereocenters. The molecule has 4 aromatic heterocycles. The lowest BCUT2D eigenvalue weighted by atomic mass is 9.90. The molecule has 8 aromatic rings. The molecule has 0 aliphatic heterocycles. The summed E-state index contributed by atoms with van der Waals surface area (Å²) in [4.78, 5) is 65.4. The van der Waals surface area contributed by atoms with E-state index in [0.29, 0.717) is 63.7 Å². The Balaban J connectivity index is 0.000000225. The maximum absolute atomic E-state index is 13.5. The molecule has 2 unspecified atom stereocenters. The number of benzene rings is 4. The number of hydrogen-bond donors (Lipinski definition) is 7. The Bertz CT molecular complexity index is 3610. The van der Waals surface area contributed by atoms with Crippen LogP contribution in [0.15, 0.2) is 135 Å². The maximum Gasteiger partial charge on any atom is 0.446 e. The normalized spacial score (nSPS) is 16.6. The average molecular weight is 1220 g/mol. The van der Waals surface area contributed by atoms with Crippen LogP contribution in [0.5, 0.6) is 0 Å². The molecule has 7 N–H and O–H groups in total. The molecule has 0 radical (unpaired) electrons. The number of nitrogens with zero attached hydrogens (tertiary/aromatic N) is 7. The van der Waals surface area contributed by atoms with Gasteiger partial charge < -0.3 is 36.2 Å². The Morgan fingerprint density at radius 1 is 0.663 bits per heavy atom. The van der Waals surface area contributed by atoms with Gasteiger partial charge in [-0.3, -0.25) is 24.6 Å². The minimum absolute atomic E-state index is 0. The predicted octanol–water partition coefficient (Wildman–Crippen LogP) is 13.7. The fourth-order valence-corrected chi connectivity index (χ4v) is 10.2. The lowest BCUT2D eigenvalue weighted by molar-refractivity contribution is -0.156. The van der Waals surface area contributed by atoms with Gasteiger partial charge in [0, 0.05) is 59.4 Å². The number of halogens is 5. The van der Waals surface area contributed by atoms with Crippen LogP contribution in [0.25, 0.3) is 44.6 Å². The molecule has 10 rings (SSSR count). The van der Waals surface area contributed by atoms with Crippen LogP contribution in [0.4, 0.5) is 41.2 Å². The van der Waals surface area contributed by atoms with E-state index in [1.165, 1.54) is 17.7 Å². The van der Waals surface area contributed by atoms with E-state index in [1.807, 2.05) is 118 Å². The highest BCUT2D eigenvalue weighted by molar-refractivity contribution is 6.33. The number of para-hydroxylation sites is 2. The summed E-state index contributed by atoms with van der Waals surface area (Å²) < 4.78 is 37.1. The summed E-state index contributed by atoms with van der Waals surface area (Å²) in [6, 6.07) is 31.6. The van der Waals surface area contributed by atoms with Gasteiger partial charge in [0.15, 0.2) is 0 Å². The van der Waals surface area contributed by atoms with Crippen molar-refractivity contribution in [2.24, 2.45) is 0 Å². The number of H-pyrrole nitrogens is 2. The van der Waals surface area contributed by atoms with E-state index in [9.17, 15) is 27.6 Å². The molecule has 2 aliphatic carbocycles. The standard InChI is InChI=1S/C32H36ClN7O3.C27H28ClN7O.C2HF3O.CH4/c1-5-27(41)35-21-15-13-20(14-16-21)19-40(31(42)43-32(2,3)4)23-10-8-9-22(17-23)36-30-34-18-25(33)29(37-30)28-24-11-6-7-12-26(24)38-39-28;1-2-24(36)31-18-12-10-17(11-13-18)15-29-19-6-5-7-20(14-19)32-27-30-16-22(28)26(33-27)25-21-8-3-4-9-23(21)34-35-25;3-2(4,5)1-6;/h5-7,11-16,18,22-23H,1,8-10,17,19H2,2-4H3,(H,35,41)(H,38,39)(H,34,36,37);2-4,8-13,16,19-20,29H,1,5-7,14-15H2,(H,31,36)(H,34,35)(H,30,32,33);1H;1H4/t22?,23-;19-,20?;;/m00../s1. The molecule has 3 amide bonds. The van der Waals surface area contributed by atoms with Gasteiger partial charge in [0.2, 0.25) is 30.0 Å². The van der Waals surface area contributed by atoms with Gasteiger partial charge in [0.05, 0.1) is 33.5 Å². The monoisotopic (exact) mass is 1220 g/mol. The summed E-state index contributed by atoms with van der Waals surface area (Å²) in [5.74, 6) is 0.525. The smallest absolute Gasteiger partial charge is 0.444 e. The van der Waals surface area contributed by atoms with Crippen molar-refractivity contribution in [2.45, 2.75) is 129 Å². The molecule has 19 nitrogen and oxygen atoms in total. The summed E-state index contributed by atoms with van der Waals surface area (Å²) in [6.45, 7) is 13.7. The van der Waals surface area contributed by atoms with Gasteiger partial charge >= 0.3 is 12.3 Å². The zero-order valence-electron chi connectivity index (χ0n) is 47.0. The third-order valence-electron chi connectivity index (χ3n) is 13.8. The highest BCUT2D eigenvalue weighted by Gasteiger charge is 2.33. The van der Waals surface area contributed by atoms with Crippen LogP contribution in [0.3, 0.4) is 0 Å². The largest absolute Gasteiger partial charge is 0.446 e. The fraction of sp³-hybridized carbons (Fsp3) is 0.323. The van der Waals surface area contributed by atoms with Crippen LogP contribution in [-0.4, -0.2) is 105 Å². The highest BCUT2D eigenvalue weighted by atomic mass is 35.5. The Morgan fingerprint density at radius 2 is 1.12 bits per heavy atom. The SMILES string of the molecule is C.C=CC(=O)Nc1ccc(CN(C(=O)OC(C)(C)C)[C@H]2CCCC(Nc3ncc(Cl)c(-c4n[nH]c5ccccc45)n3)C2)cc1.C=CC(=O)Nc1ccc(CN[C@H]2CCCC(Nc3ncc(Cl)c(-c4n[nH]c5ccccc45)n3)C2)cc1.O=CC(F)(F)F. The first-order valence-electron chi connectivity index (χ1n) is 27.5. The summed E-state index contributed by atoms with van der Waals surface area (Å²) in [6.07, 6.45) is 7.27. The molecular weight excluding hydrogens is 1150 g/mol. The number of anilines is 4. The van der Waals surface area contributed by atoms with E-state index in [2.05, 4.69) is 70.1 Å². The van der Waals surface area contributed by atoms with Gasteiger partial charge in [-0.25, -0.2) is 24.7 Å². The lowest BCUT2D eigenvalue weighted by Crippen LogP contribution is -2.46. The second-order valence-electron chi connectivity index (χ2n) is 21.3. The third kappa shape index (κ3) is 18.4. The van der Waals surface area contributed by atoms with Crippen molar-refractivity contribution < 1.29 is 37.1 Å². The summed E-state index contributed by atoms with van der Waals surface area (Å²) in [5.41, 5.74) is 7.26. The van der Waals surface area contributed by atoms with Crippen LogP contribution in [-0.2, 0) is 32.2 Å². The molecular formula is C62H69Cl2F3N14O5. The van der Waals surface area contributed by atoms with Gasteiger partial charge in [-0.05, 0) is 132 Å². The van der Waals surface area contributed by atoms with Crippen LogP contribution >= 0.6 is 23.2 Å². The van der Waals surface area contributed by atoms with Crippen molar-refractivity contribution in [1.82, 2.24) is 50.5 Å². The van der Waals surface area contributed by atoms with Gasteiger partial charge in [0.1, 0.15) is 28.4 Å². The number of nitrogens with one attached hydrogen (secondary N) is 7. The summed E-state index contributed by atoms with van der Waals surface area (Å²) >= 11 is 13.0. The number of amides is 3. The number of carbonyl (C=O) groups excluding carboxylic acids is 4. The number of fused-ring (bicyclic) bond motifs is 2. The Kier molecular flexibility index (Phi) is 22.5. The van der Waals surface area contributed by atoms with Crippen LogP contribution in [0, 0.1) is 0 Å². The number of aldehydes is 1. The first kappa shape index (κ1) is 64.8. The zero-order chi connectivity index (χ0) is 60.7. The van der Waals surface area contributed by atoms with E-state index in [-0.39, 0.29) is 43.5 Å². The Hall–Kier alpha value is -8.73. The van der Waals surface area contributed by atoms with Crippen molar-refractivity contribution in [3.05, 3.63) is 156 Å². The Labute approximate surface area is 506 Å². The molecule has 0 bridgehead atoms. The second-order valence-corrected chi connectivity index (χ2v) is 22.1. The fourth-order valence-electron chi connectivity index (χ4n) is 9.85. The van der Waals surface area contributed by atoms with E-state index in [1.54, 1.807) is 17.3 Å². The molecule has 0 saturated heterocycles. The number of ether oxygens (including phenoxy) is 1. The summed E-state index contributed by atoms with van der Waals surface area (Å²) in [7, 11) is 0. The maximum atomic E-state index is 13.5. The first-order chi connectivity index (χ1) is 40.7. The van der Waals surface area contributed by atoms with Gasteiger partial charge in [-0.1, -0.05) is 104 Å². The molecule has 2 aliphatic rings. The lowest BCUT2D eigenvalue weighted by Gasteiger charge is -2.38. The second kappa shape index (κ2) is 29.9. The minimum atomic E-state index is -4.64. The number of carbonyl (C=O) groups is 4. The van der Waals surface area contributed by atoms with Crippen molar-refractivity contribution in [1.29, 1.82) is 0 Å². The molecule has 0 spiro atoms. The van der Waals surface area contributed by atoms with Gasteiger partial charge in [-0.2, -0.15) is 23.4 Å². The predicted molar refractivity (Wildman–Crippen MR) is 332 cm³/mol. The molecule has 2 saturated carbocycles. The molecule has 2 fully saturated rings. The Morgan fingerprint density at radius 3 is 1.59 bits per heavy atom. The third-order valence-corrected chi connectivity index (χ3v) is 14.4. The topological polar surface area (TPSA) is 250 Å². The number of hydrogen-bond acceptors (Lipinski definition) is 14. The number of aromatic nitrogens is 8. The molecule has 86 heavy (non-hydrogen) atoms. The van der Waals surface area contributed by atoms with E-state index >= 15 is 0 Å². The minimum Gasteiger partial charge on any atom is -0.444 e. The van der Waals surface area contributed by atoms with Crippen molar-refractivity contribution in [3.8, 4) is 22.8 Å². The number of rotatable bonds is 16. The number of aromatic amines is 2. The van der Waals surface area contributed by atoms with Crippen molar-refractivity contribution in [2.75, 3.05) is 21.3 Å². The highest BCUT2D eigenvalue weighted by Crippen LogP contribution is 2.34. The van der Waals surface area contributed by atoms with Crippen molar-refractivity contribution in [3.63, 3.8) is 0 Å². The van der Waals surface area contributed by atoms with E-state index < -0.39 is 18.1 Å². The number of alkyl halides is 3. The molecule has 4 heterocycles. The van der Waals surface area contributed by atoms with Gasteiger partial charge in [0.25, 0.3) is 0 Å². The van der Waals surface area contributed by atoms with E-state index in [4.69, 9.17) is 42.7 Å². The summed E-state index contributed by atoms with van der Waals surface area (Å²) in [5, 5.41) is 33.9. The van der Waals surface area contributed by atoms with Crippen LogP contribution < -0.4 is 26.6 Å². The molecule has 24 heteroatoms.